The molecule has 0 N–H and O–H groups in total. The van der Waals surface area contributed by atoms with Crippen molar-refractivity contribution in [1.29, 1.82) is 0 Å². The predicted octanol–water partition coefficient (Wildman–Crippen LogP) is 2.99. The lowest BCUT2D eigenvalue weighted by Crippen LogP contribution is -2.11. The largest absolute Gasteiger partial charge is 0.345 e. The quantitative estimate of drug-likeness (QED) is 0.631. The van der Waals surface area contributed by atoms with Crippen molar-refractivity contribution in [2.24, 2.45) is 0 Å². The number of halogens is 1. The van der Waals surface area contributed by atoms with E-state index in [1.807, 2.05) is 0 Å². The van der Waals surface area contributed by atoms with Crippen molar-refractivity contribution in [3.8, 4) is 0 Å². The minimum Gasteiger partial charge on any atom is -0.345 e. The van der Waals surface area contributed by atoms with E-state index in [9.17, 15) is 0 Å². The SMILES string of the molecule is Cc1c(COPI)nn2c1CCCC2. The standard InChI is InChI=1S/C9H14IN2OP/c1-7-8(6-13-14-10)11-12-5-3-2-4-9(7)12/h14H,2-6H2,1H3. The fraction of sp³-hybridized carbons (Fsp3) is 0.667. The number of rotatable bonds is 3. The van der Waals surface area contributed by atoms with Gasteiger partial charge in [-0.05, 0) is 53.8 Å². The fourth-order valence-corrected chi connectivity index (χ4v) is 2.59. The van der Waals surface area contributed by atoms with Crippen LogP contribution in [-0.4, -0.2) is 9.78 Å². The van der Waals surface area contributed by atoms with Gasteiger partial charge in [0.1, 0.15) is 0 Å². The van der Waals surface area contributed by atoms with Gasteiger partial charge in [0.2, 0.25) is 0 Å². The first-order chi connectivity index (χ1) is 6.83. The monoisotopic (exact) mass is 324 g/mol. The van der Waals surface area contributed by atoms with Crippen molar-refractivity contribution in [2.45, 2.75) is 39.3 Å². The zero-order valence-electron chi connectivity index (χ0n) is 8.22. The zero-order chi connectivity index (χ0) is 9.97. The molecule has 0 fully saturated rings. The average molecular weight is 324 g/mol. The zero-order valence-corrected chi connectivity index (χ0v) is 11.4. The number of aryl methyl sites for hydroxylation is 1. The second kappa shape index (κ2) is 4.90. The number of nitrogens with zero attached hydrogens (tertiary/aromatic N) is 2. The molecule has 0 bridgehead atoms. The maximum absolute atomic E-state index is 5.42. The van der Waals surface area contributed by atoms with Crippen molar-refractivity contribution >= 4 is 28.5 Å². The van der Waals surface area contributed by atoms with E-state index in [1.165, 1.54) is 30.5 Å². The van der Waals surface area contributed by atoms with Gasteiger partial charge >= 0.3 is 0 Å². The normalized spacial score (nSPS) is 16.4. The molecule has 0 radical (unpaired) electrons. The third-order valence-electron chi connectivity index (χ3n) is 2.72. The Morgan fingerprint density at radius 2 is 2.43 bits per heavy atom. The molecule has 2 rings (SSSR count). The molecule has 0 saturated heterocycles. The molecule has 0 aromatic carbocycles. The van der Waals surface area contributed by atoms with Crippen LogP contribution in [0.5, 0.6) is 0 Å². The lowest BCUT2D eigenvalue weighted by molar-refractivity contribution is 0.349. The molecule has 3 nitrogen and oxygen atoms in total. The molecule has 14 heavy (non-hydrogen) atoms. The van der Waals surface area contributed by atoms with E-state index in [1.54, 1.807) is 0 Å². The Hall–Kier alpha value is 0.330. The lowest BCUT2D eigenvalue weighted by atomic mass is 10.1. The summed E-state index contributed by atoms with van der Waals surface area (Å²) in [6.45, 7) is 4.45. The Labute approximate surface area is 98.9 Å². The van der Waals surface area contributed by atoms with E-state index in [0.29, 0.717) is 13.1 Å². The fourth-order valence-electron chi connectivity index (χ4n) is 1.93. The van der Waals surface area contributed by atoms with Crippen LogP contribution in [-0.2, 0) is 24.1 Å². The molecule has 1 aliphatic heterocycles. The second-order valence-electron chi connectivity index (χ2n) is 3.56. The van der Waals surface area contributed by atoms with Gasteiger partial charge in [0.25, 0.3) is 0 Å². The Balaban J connectivity index is 2.20. The molecule has 0 spiro atoms. The van der Waals surface area contributed by atoms with Crippen molar-refractivity contribution < 1.29 is 4.52 Å². The molecule has 1 aromatic heterocycles. The lowest BCUT2D eigenvalue weighted by Gasteiger charge is -2.13. The first-order valence-electron chi connectivity index (χ1n) is 4.85. The van der Waals surface area contributed by atoms with Crippen molar-refractivity contribution in [3.05, 3.63) is 17.0 Å². The van der Waals surface area contributed by atoms with Crippen LogP contribution < -0.4 is 0 Å². The Kier molecular flexibility index (Phi) is 3.79. The Bertz CT molecular complexity index is 327. The molecule has 1 aromatic rings. The number of hydrogen-bond acceptors (Lipinski definition) is 2. The average Bonchev–Trinajstić information content (AvgIpc) is 2.54. The Morgan fingerprint density at radius 3 is 3.14 bits per heavy atom. The smallest absolute Gasteiger partial charge is 0.0958 e. The Morgan fingerprint density at radius 1 is 1.57 bits per heavy atom. The van der Waals surface area contributed by atoms with E-state index in [2.05, 4.69) is 38.7 Å². The minimum atomic E-state index is 0.523. The third-order valence-corrected chi connectivity index (χ3v) is 3.90. The molecule has 5 heteroatoms. The summed E-state index contributed by atoms with van der Waals surface area (Å²) in [6.07, 6.45) is 3.76. The third kappa shape index (κ3) is 2.12. The molecule has 2 heterocycles. The van der Waals surface area contributed by atoms with Crippen LogP contribution in [0.2, 0.25) is 0 Å². The van der Waals surface area contributed by atoms with E-state index < -0.39 is 0 Å². The summed E-state index contributed by atoms with van der Waals surface area (Å²) in [4.78, 5) is 0. The van der Waals surface area contributed by atoms with Crippen LogP contribution >= 0.6 is 28.5 Å². The van der Waals surface area contributed by atoms with Gasteiger partial charge < -0.3 is 4.52 Å². The maximum Gasteiger partial charge on any atom is 0.0958 e. The van der Waals surface area contributed by atoms with Gasteiger partial charge in [-0.2, -0.15) is 5.10 Å². The van der Waals surface area contributed by atoms with Gasteiger partial charge in [0, 0.05) is 12.2 Å². The van der Waals surface area contributed by atoms with Gasteiger partial charge in [-0.1, -0.05) is 0 Å². The van der Waals surface area contributed by atoms with E-state index in [0.717, 1.165) is 12.2 Å². The maximum atomic E-state index is 5.42. The highest BCUT2D eigenvalue weighted by atomic mass is 127. The summed E-state index contributed by atoms with van der Waals surface area (Å²) in [5.41, 5.74) is 3.90. The summed E-state index contributed by atoms with van der Waals surface area (Å²) in [6, 6.07) is 0. The van der Waals surface area contributed by atoms with Gasteiger partial charge in [0.05, 0.1) is 18.8 Å². The van der Waals surface area contributed by atoms with Crippen LogP contribution in [0.25, 0.3) is 0 Å². The molecular formula is C9H14IN2OP. The number of aromatic nitrogens is 2. The summed E-state index contributed by atoms with van der Waals surface area (Å²) in [7, 11) is 0. The minimum absolute atomic E-state index is 0.523. The first-order valence-corrected chi connectivity index (χ1v) is 8.87. The molecule has 0 saturated carbocycles. The molecule has 78 valence electrons. The van der Waals surface area contributed by atoms with Crippen LogP contribution in [0.3, 0.4) is 0 Å². The highest BCUT2D eigenvalue weighted by Crippen LogP contribution is 2.26. The first kappa shape index (κ1) is 10.8. The van der Waals surface area contributed by atoms with Gasteiger partial charge in [-0.25, -0.2) is 0 Å². The van der Waals surface area contributed by atoms with Crippen LogP contribution in [0.1, 0.15) is 29.8 Å². The summed E-state index contributed by atoms with van der Waals surface area (Å²) < 4.78 is 7.58. The molecule has 0 amide bonds. The topological polar surface area (TPSA) is 27.1 Å². The summed E-state index contributed by atoms with van der Waals surface area (Å²) in [5, 5.41) is 4.58. The van der Waals surface area contributed by atoms with Crippen molar-refractivity contribution in [1.82, 2.24) is 9.78 Å². The molecule has 1 unspecified atom stereocenters. The molecular weight excluding hydrogens is 310 g/mol. The van der Waals surface area contributed by atoms with E-state index in [4.69, 9.17) is 4.52 Å². The number of hydrogen-bond donors (Lipinski definition) is 0. The molecule has 0 aliphatic carbocycles. The molecule has 1 aliphatic rings. The van der Waals surface area contributed by atoms with Gasteiger partial charge in [-0.3, -0.25) is 4.68 Å². The van der Waals surface area contributed by atoms with Crippen molar-refractivity contribution in [2.75, 3.05) is 0 Å². The predicted molar refractivity (Wildman–Crippen MR) is 67.0 cm³/mol. The van der Waals surface area contributed by atoms with Crippen LogP contribution in [0.15, 0.2) is 0 Å². The highest BCUT2D eigenvalue weighted by molar-refractivity contribution is 14.2. The highest BCUT2D eigenvalue weighted by Gasteiger charge is 2.16. The van der Waals surface area contributed by atoms with E-state index >= 15 is 0 Å². The summed E-state index contributed by atoms with van der Waals surface area (Å²) >= 11 is 2.24. The number of fused-ring (bicyclic) bond motifs is 1. The van der Waals surface area contributed by atoms with E-state index in [-0.39, 0.29) is 0 Å². The summed E-state index contributed by atoms with van der Waals surface area (Å²) in [5.74, 6) is 0. The van der Waals surface area contributed by atoms with Gasteiger partial charge in [0.15, 0.2) is 0 Å². The second-order valence-corrected chi connectivity index (χ2v) is 5.33. The molecule has 1 atom stereocenters. The van der Waals surface area contributed by atoms with Gasteiger partial charge in [-0.15, -0.1) is 0 Å². The van der Waals surface area contributed by atoms with Crippen LogP contribution in [0.4, 0.5) is 0 Å². The van der Waals surface area contributed by atoms with Crippen LogP contribution in [0, 0.1) is 6.92 Å². The van der Waals surface area contributed by atoms with Crippen molar-refractivity contribution in [3.63, 3.8) is 0 Å².